The van der Waals surface area contributed by atoms with Crippen molar-refractivity contribution < 1.29 is 0 Å². The molecule has 51 heavy (non-hydrogen) atoms. The van der Waals surface area contributed by atoms with Crippen LogP contribution in [0.2, 0.25) is 0 Å². The molecule has 2 aromatic heterocycles. The molecule has 0 amide bonds. The van der Waals surface area contributed by atoms with Crippen molar-refractivity contribution in [3.63, 3.8) is 0 Å². The maximum atomic E-state index is 2.70. The maximum Gasteiger partial charge on any atom is 0.253 e. The third-order valence-electron chi connectivity index (χ3n) is 12.5. The quantitative estimate of drug-likeness (QED) is 0.169. The van der Waals surface area contributed by atoms with Gasteiger partial charge < -0.3 is 9.13 Å². The van der Waals surface area contributed by atoms with Crippen LogP contribution < -0.4 is 16.4 Å². The summed E-state index contributed by atoms with van der Waals surface area (Å²) in [6, 6.07) is 55.3. The van der Waals surface area contributed by atoms with Crippen molar-refractivity contribution in [1.29, 1.82) is 0 Å². The Morgan fingerprint density at radius 1 is 0.490 bits per heavy atom. The first-order valence-electron chi connectivity index (χ1n) is 18.8. The second-order valence-electron chi connectivity index (χ2n) is 15.0. The molecule has 1 aliphatic carbocycles. The van der Waals surface area contributed by atoms with Crippen LogP contribution in [0.15, 0.2) is 146 Å². The molecule has 1 fully saturated rings. The van der Waals surface area contributed by atoms with Gasteiger partial charge in [-0.05, 0) is 86.9 Å². The molecule has 0 radical (unpaired) electrons. The third kappa shape index (κ3) is 3.68. The zero-order chi connectivity index (χ0) is 33.2. The van der Waals surface area contributed by atoms with Crippen LogP contribution in [0.1, 0.15) is 43.6 Å². The van der Waals surface area contributed by atoms with E-state index in [9.17, 15) is 0 Å². The van der Waals surface area contributed by atoms with Crippen molar-refractivity contribution in [1.82, 2.24) is 9.13 Å². The maximum absolute atomic E-state index is 2.70. The number of para-hydroxylation sites is 2. The van der Waals surface area contributed by atoms with Gasteiger partial charge in [0.25, 0.3) is 6.71 Å². The highest BCUT2D eigenvalue weighted by atomic mass is 15.0. The van der Waals surface area contributed by atoms with E-state index in [1.54, 1.807) is 0 Å². The standard InChI is InChI=1S/C48H35BN2/c1-4-15-30(16-5-1)34-28-41-45-42(29-34)51-46(32-19-8-3-9-20-32)43(31-17-6-2-7-18-31)38-27-33-21-10-11-22-35(33)44(48(38)51)49(45)39-25-14-24-37-36-23-12-13-26-40(36)50(41)47(37)39/h2-3,6-14,17-30H,1,4-5,15-16H2. The van der Waals surface area contributed by atoms with Crippen molar-refractivity contribution >= 4 is 66.6 Å². The lowest BCUT2D eigenvalue weighted by Crippen LogP contribution is -2.59. The molecule has 7 aromatic carbocycles. The highest BCUT2D eigenvalue weighted by molar-refractivity contribution is 7.01. The van der Waals surface area contributed by atoms with Crippen LogP contribution in [0.3, 0.4) is 0 Å². The van der Waals surface area contributed by atoms with Gasteiger partial charge in [-0.3, -0.25) is 0 Å². The summed E-state index contributed by atoms with van der Waals surface area (Å²) in [7, 11) is 0. The molecule has 0 bridgehead atoms. The van der Waals surface area contributed by atoms with Crippen molar-refractivity contribution in [3.8, 4) is 33.8 Å². The largest absolute Gasteiger partial charge is 0.310 e. The van der Waals surface area contributed by atoms with Gasteiger partial charge in [-0.2, -0.15) is 0 Å². The van der Waals surface area contributed by atoms with Crippen LogP contribution in [0, 0.1) is 0 Å². The van der Waals surface area contributed by atoms with Gasteiger partial charge in [-0.25, -0.2) is 0 Å². The van der Waals surface area contributed by atoms with E-state index in [2.05, 4.69) is 155 Å². The van der Waals surface area contributed by atoms with Crippen LogP contribution in [-0.4, -0.2) is 15.8 Å². The number of aromatic nitrogens is 2. The summed E-state index contributed by atoms with van der Waals surface area (Å²) in [5.74, 6) is 0.575. The number of nitrogens with zero attached hydrogens (tertiary/aromatic N) is 2. The third-order valence-corrected chi connectivity index (χ3v) is 12.5. The fraction of sp³-hybridized carbons (Fsp3) is 0.125. The second-order valence-corrected chi connectivity index (χ2v) is 15.0. The van der Waals surface area contributed by atoms with Gasteiger partial charge in [0, 0.05) is 38.6 Å². The van der Waals surface area contributed by atoms with Gasteiger partial charge in [-0.15, -0.1) is 0 Å². The van der Waals surface area contributed by atoms with Crippen LogP contribution in [-0.2, 0) is 0 Å². The number of benzene rings is 7. The highest BCUT2D eigenvalue weighted by Gasteiger charge is 2.43. The average molecular weight is 651 g/mol. The molecule has 0 spiro atoms. The predicted octanol–water partition coefficient (Wildman–Crippen LogP) is 10.4. The topological polar surface area (TPSA) is 9.86 Å². The Labute approximate surface area is 297 Å². The zero-order valence-electron chi connectivity index (χ0n) is 28.4. The van der Waals surface area contributed by atoms with Gasteiger partial charge in [0.1, 0.15) is 0 Å². The molecular formula is C48H35BN2. The molecule has 0 saturated heterocycles. The lowest BCUT2D eigenvalue weighted by molar-refractivity contribution is 0.443. The molecule has 0 N–H and O–H groups in total. The van der Waals surface area contributed by atoms with E-state index in [-0.39, 0.29) is 6.71 Å². The molecule has 3 aliphatic rings. The molecule has 240 valence electrons. The van der Waals surface area contributed by atoms with E-state index in [4.69, 9.17) is 0 Å². The summed E-state index contributed by atoms with van der Waals surface area (Å²) in [6.07, 6.45) is 6.51. The van der Waals surface area contributed by atoms with Crippen molar-refractivity contribution in [3.05, 3.63) is 151 Å². The van der Waals surface area contributed by atoms with Crippen molar-refractivity contribution in [2.45, 2.75) is 38.0 Å². The molecule has 2 aliphatic heterocycles. The second kappa shape index (κ2) is 10.4. The number of hydrogen-bond donors (Lipinski definition) is 0. The van der Waals surface area contributed by atoms with E-state index in [0.29, 0.717) is 5.92 Å². The molecule has 4 heterocycles. The summed E-state index contributed by atoms with van der Waals surface area (Å²) in [5.41, 5.74) is 17.7. The van der Waals surface area contributed by atoms with Crippen LogP contribution in [0.4, 0.5) is 0 Å². The van der Waals surface area contributed by atoms with Gasteiger partial charge >= 0.3 is 0 Å². The lowest BCUT2D eigenvalue weighted by atomic mass is 9.33. The minimum atomic E-state index is 0.110. The smallest absolute Gasteiger partial charge is 0.253 e. The Bertz CT molecular complexity index is 2890. The highest BCUT2D eigenvalue weighted by Crippen LogP contribution is 2.47. The summed E-state index contributed by atoms with van der Waals surface area (Å²) in [5, 5.41) is 6.68. The Morgan fingerprint density at radius 3 is 1.96 bits per heavy atom. The Balaban J connectivity index is 1.35. The summed E-state index contributed by atoms with van der Waals surface area (Å²) < 4.78 is 5.34. The van der Waals surface area contributed by atoms with Crippen molar-refractivity contribution in [2.24, 2.45) is 0 Å². The summed E-state index contributed by atoms with van der Waals surface area (Å²) in [4.78, 5) is 0. The van der Waals surface area contributed by atoms with Crippen LogP contribution in [0.25, 0.3) is 77.2 Å². The van der Waals surface area contributed by atoms with Gasteiger partial charge in [0.05, 0.1) is 16.7 Å². The zero-order valence-corrected chi connectivity index (χ0v) is 28.4. The normalized spacial score (nSPS) is 14.9. The van der Waals surface area contributed by atoms with Crippen LogP contribution >= 0.6 is 0 Å². The van der Waals surface area contributed by atoms with E-state index >= 15 is 0 Å². The molecule has 9 aromatic rings. The first-order valence-corrected chi connectivity index (χ1v) is 18.8. The molecule has 0 unspecified atom stereocenters. The minimum absolute atomic E-state index is 0.110. The molecular weight excluding hydrogens is 615 g/mol. The molecule has 0 atom stereocenters. The fourth-order valence-electron chi connectivity index (χ4n) is 10.4. The van der Waals surface area contributed by atoms with Crippen molar-refractivity contribution in [2.75, 3.05) is 0 Å². The monoisotopic (exact) mass is 650 g/mol. The van der Waals surface area contributed by atoms with E-state index in [0.717, 1.165) is 0 Å². The minimum Gasteiger partial charge on any atom is -0.310 e. The number of fused-ring (bicyclic) bond motifs is 9. The average Bonchev–Trinajstić information content (AvgIpc) is 3.73. The fourth-order valence-corrected chi connectivity index (χ4v) is 10.4. The van der Waals surface area contributed by atoms with Gasteiger partial charge in [0.15, 0.2) is 0 Å². The molecule has 3 heteroatoms. The van der Waals surface area contributed by atoms with E-state index < -0.39 is 0 Å². The Morgan fingerprint density at radius 2 is 1.16 bits per heavy atom. The van der Waals surface area contributed by atoms with Gasteiger partial charge in [0.2, 0.25) is 0 Å². The molecule has 12 rings (SSSR count). The number of hydrogen-bond acceptors (Lipinski definition) is 0. The first-order chi connectivity index (χ1) is 25.3. The first kappa shape index (κ1) is 28.0. The lowest BCUT2D eigenvalue weighted by Gasteiger charge is -2.36. The van der Waals surface area contributed by atoms with E-state index in [1.807, 2.05) is 0 Å². The Kier molecular flexibility index (Phi) is 5.69. The molecule has 2 nitrogen and oxygen atoms in total. The summed E-state index contributed by atoms with van der Waals surface area (Å²) >= 11 is 0. The van der Waals surface area contributed by atoms with Gasteiger partial charge in [-0.1, -0.05) is 141 Å². The molecule has 1 saturated carbocycles. The summed E-state index contributed by atoms with van der Waals surface area (Å²) in [6.45, 7) is 0.110. The number of rotatable bonds is 3. The predicted molar refractivity (Wildman–Crippen MR) is 216 cm³/mol. The Hall–Kier alpha value is -5.80. The SMILES string of the molecule is c1ccc(-c2c(-c3ccccc3)n3c4c(c5ccccc5cc24)B2c4c-3cc(C3CCCCC3)cc4-n3c4ccccc4c4cccc2c43)cc1. The van der Waals surface area contributed by atoms with Crippen LogP contribution in [0.5, 0.6) is 0 Å². The van der Waals surface area contributed by atoms with E-state index in [1.165, 1.54) is 131 Å².